The number of carbonyl (C=O) groups is 2. The fraction of sp³-hybridized carbons (Fsp3) is 0.200. The van der Waals surface area contributed by atoms with E-state index >= 15 is 0 Å². The highest BCUT2D eigenvalue weighted by atomic mass is 32.2. The van der Waals surface area contributed by atoms with Crippen molar-refractivity contribution >= 4 is 38.3 Å². The summed E-state index contributed by atoms with van der Waals surface area (Å²) in [5, 5.41) is 6.83. The van der Waals surface area contributed by atoms with E-state index in [1.165, 1.54) is 0 Å². The SMILES string of the molecule is CC(C)(C)NS(=O)(=O)c1cccc2c(NC(=O)[C@@H](Cc3ccccc3)NC(=O)c3ccccc3)cccc12. The summed E-state index contributed by atoms with van der Waals surface area (Å²) in [5.74, 6) is -0.770. The maximum absolute atomic E-state index is 13.5. The molecular formula is C30H31N3O4S. The minimum absolute atomic E-state index is 0.124. The lowest BCUT2D eigenvalue weighted by atomic mass is 10.0. The Bertz CT molecular complexity index is 1550. The number of nitrogens with one attached hydrogen (secondary N) is 3. The van der Waals surface area contributed by atoms with Crippen molar-refractivity contribution in [2.75, 3.05) is 5.32 Å². The molecule has 0 aliphatic rings. The molecule has 0 radical (unpaired) electrons. The minimum Gasteiger partial charge on any atom is -0.340 e. The molecule has 196 valence electrons. The van der Waals surface area contributed by atoms with Crippen molar-refractivity contribution in [1.82, 2.24) is 10.0 Å². The molecule has 0 aromatic heterocycles. The van der Waals surface area contributed by atoms with Crippen molar-refractivity contribution in [3.05, 3.63) is 108 Å². The third-order valence-corrected chi connectivity index (χ3v) is 7.63. The van der Waals surface area contributed by atoms with Gasteiger partial charge in [0.2, 0.25) is 15.9 Å². The van der Waals surface area contributed by atoms with Gasteiger partial charge in [-0.3, -0.25) is 9.59 Å². The predicted molar refractivity (Wildman–Crippen MR) is 150 cm³/mol. The molecule has 0 unspecified atom stereocenters. The first-order chi connectivity index (χ1) is 18.0. The largest absolute Gasteiger partial charge is 0.340 e. The summed E-state index contributed by atoms with van der Waals surface area (Å²) in [6.07, 6.45) is 0.283. The molecule has 0 fully saturated rings. The van der Waals surface area contributed by atoms with Gasteiger partial charge in [-0.05, 0) is 50.6 Å². The molecular weight excluding hydrogens is 498 g/mol. The number of fused-ring (bicyclic) bond motifs is 1. The lowest BCUT2D eigenvalue weighted by Crippen LogP contribution is -2.45. The van der Waals surface area contributed by atoms with Crippen LogP contribution in [0.15, 0.2) is 102 Å². The smallest absolute Gasteiger partial charge is 0.251 e. The second kappa shape index (κ2) is 11.2. The third kappa shape index (κ3) is 6.65. The Kier molecular flexibility index (Phi) is 7.94. The molecule has 0 bridgehead atoms. The second-order valence-electron chi connectivity index (χ2n) is 10.1. The quantitative estimate of drug-likeness (QED) is 0.302. The molecule has 38 heavy (non-hydrogen) atoms. The second-order valence-corrected chi connectivity index (χ2v) is 11.7. The standard InChI is InChI=1S/C30H31N3O4S/c1-30(2,3)33-38(36,37)27-19-11-16-23-24(27)17-10-18-25(23)31-29(35)26(20-21-12-6-4-7-13-21)32-28(34)22-14-8-5-9-15-22/h4-19,26,33H,20H2,1-3H3,(H,31,35)(H,32,34)/t26-/m1/s1. The molecule has 0 aliphatic carbocycles. The monoisotopic (exact) mass is 529 g/mol. The van der Waals surface area contributed by atoms with Gasteiger partial charge in [-0.1, -0.05) is 72.8 Å². The zero-order chi connectivity index (χ0) is 27.3. The molecule has 0 saturated carbocycles. The number of amides is 2. The van der Waals surface area contributed by atoms with E-state index in [9.17, 15) is 18.0 Å². The van der Waals surface area contributed by atoms with E-state index in [-0.39, 0.29) is 17.2 Å². The lowest BCUT2D eigenvalue weighted by molar-refractivity contribution is -0.118. The van der Waals surface area contributed by atoms with E-state index in [2.05, 4.69) is 15.4 Å². The van der Waals surface area contributed by atoms with Gasteiger partial charge in [0.1, 0.15) is 6.04 Å². The van der Waals surface area contributed by atoms with Gasteiger partial charge in [0.05, 0.1) is 4.90 Å². The molecule has 1 atom stereocenters. The Hall–Kier alpha value is -4.01. The molecule has 0 spiro atoms. The highest BCUT2D eigenvalue weighted by molar-refractivity contribution is 7.89. The molecule has 4 rings (SSSR count). The van der Waals surface area contributed by atoms with E-state index < -0.39 is 27.5 Å². The van der Waals surface area contributed by atoms with Crippen LogP contribution < -0.4 is 15.4 Å². The molecule has 0 aliphatic heterocycles. The Labute approximate surface area is 223 Å². The summed E-state index contributed by atoms with van der Waals surface area (Å²) in [6.45, 7) is 5.33. The number of carbonyl (C=O) groups excluding carboxylic acids is 2. The number of benzene rings is 4. The van der Waals surface area contributed by atoms with Gasteiger partial charge in [0, 0.05) is 34.0 Å². The highest BCUT2D eigenvalue weighted by Crippen LogP contribution is 2.29. The topological polar surface area (TPSA) is 104 Å². The van der Waals surface area contributed by atoms with Crippen molar-refractivity contribution in [1.29, 1.82) is 0 Å². The van der Waals surface area contributed by atoms with Crippen LogP contribution in [0.1, 0.15) is 36.7 Å². The summed E-state index contributed by atoms with van der Waals surface area (Å²) >= 11 is 0. The summed E-state index contributed by atoms with van der Waals surface area (Å²) in [5.41, 5.74) is 1.13. The molecule has 8 heteroatoms. The van der Waals surface area contributed by atoms with Crippen molar-refractivity contribution < 1.29 is 18.0 Å². The number of sulfonamides is 1. The summed E-state index contributed by atoms with van der Waals surface area (Å²) in [4.78, 5) is 26.6. The maximum Gasteiger partial charge on any atom is 0.251 e. The van der Waals surface area contributed by atoms with Crippen LogP contribution in [0.25, 0.3) is 10.8 Å². The third-order valence-electron chi connectivity index (χ3n) is 5.81. The van der Waals surface area contributed by atoms with Gasteiger partial charge in [0.25, 0.3) is 5.91 Å². The highest BCUT2D eigenvalue weighted by Gasteiger charge is 2.26. The first kappa shape index (κ1) is 27.0. The molecule has 4 aromatic carbocycles. The van der Waals surface area contributed by atoms with E-state index in [1.54, 1.807) is 81.4 Å². The Morgan fingerprint density at radius 2 is 1.37 bits per heavy atom. The average Bonchev–Trinajstić information content (AvgIpc) is 2.88. The minimum atomic E-state index is -3.81. The first-order valence-corrected chi connectivity index (χ1v) is 13.8. The van der Waals surface area contributed by atoms with Crippen LogP contribution in [0.4, 0.5) is 5.69 Å². The van der Waals surface area contributed by atoms with Crippen molar-refractivity contribution in [2.45, 2.75) is 43.7 Å². The number of hydrogen-bond donors (Lipinski definition) is 3. The first-order valence-electron chi connectivity index (χ1n) is 12.3. The van der Waals surface area contributed by atoms with E-state index in [0.717, 1.165) is 5.56 Å². The molecule has 7 nitrogen and oxygen atoms in total. The fourth-order valence-corrected chi connectivity index (χ4v) is 5.83. The van der Waals surface area contributed by atoms with Gasteiger partial charge in [-0.25, -0.2) is 13.1 Å². The fourth-order valence-electron chi connectivity index (χ4n) is 4.19. The predicted octanol–water partition coefficient (Wildman–Crippen LogP) is 4.90. The zero-order valence-corrected chi connectivity index (χ0v) is 22.4. The van der Waals surface area contributed by atoms with Gasteiger partial charge in [0.15, 0.2) is 0 Å². The zero-order valence-electron chi connectivity index (χ0n) is 21.6. The van der Waals surface area contributed by atoms with Crippen LogP contribution in [0.2, 0.25) is 0 Å². The average molecular weight is 530 g/mol. The van der Waals surface area contributed by atoms with Crippen LogP contribution in [-0.4, -0.2) is 31.8 Å². The Balaban J connectivity index is 1.66. The maximum atomic E-state index is 13.5. The normalized spacial score (nSPS) is 12.6. The van der Waals surface area contributed by atoms with Gasteiger partial charge >= 0.3 is 0 Å². The van der Waals surface area contributed by atoms with Crippen LogP contribution in [0, 0.1) is 0 Å². The number of anilines is 1. The number of rotatable bonds is 8. The summed E-state index contributed by atoms with van der Waals surface area (Å²) in [6, 6.07) is 27.3. The van der Waals surface area contributed by atoms with Gasteiger partial charge in [-0.2, -0.15) is 0 Å². The molecule has 4 aromatic rings. The Morgan fingerprint density at radius 3 is 2.03 bits per heavy atom. The van der Waals surface area contributed by atoms with Crippen molar-refractivity contribution in [2.24, 2.45) is 0 Å². The summed E-state index contributed by atoms with van der Waals surface area (Å²) in [7, 11) is -3.81. The number of hydrogen-bond acceptors (Lipinski definition) is 4. The molecule has 2 amide bonds. The lowest BCUT2D eigenvalue weighted by Gasteiger charge is -2.22. The van der Waals surface area contributed by atoms with E-state index in [0.29, 0.717) is 22.0 Å². The van der Waals surface area contributed by atoms with Crippen LogP contribution >= 0.6 is 0 Å². The van der Waals surface area contributed by atoms with Crippen LogP contribution in [0.5, 0.6) is 0 Å². The van der Waals surface area contributed by atoms with E-state index in [1.807, 2.05) is 36.4 Å². The van der Waals surface area contributed by atoms with Gasteiger partial charge < -0.3 is 10.6 Å². The van der Waals surface area contributed by atoms with Crippen LogP contribution in [0.3, 0.4) is 0 Å². The molecule has 0 saturated heterocycles. The summed E-state index contributed by atoms with van der Waals surface area (Å²) < 4.78 is 28.9. The van der Waals surface area contributed by atoms with Crippen molar-refractivity contribution in [3.63, 3.8) is 0 Å². The van der Waals surface area contributed by atoms with Gasteiger partial charge in [-0.15, -0.1) is 0 Å². The van der Waals surface area contributed by atoms with E-state index in [4.69, 9.17) is 0 Å². The molecule has 0 heterocycles. The molecule has 3 N–H and O–H groups in total. The Morgan fingerprint density at radius 1 is 0.763 bits per heavy atom. The van der Waals surface area contributed by atoms with Crippen LogP contribution in [-0.2, 0) is 21.2 Å². The van der Waals surface area contributed by atoms with Crippen molar-refractivity contribution in [3.8, 4) is 0 Å².